The van der Waals surface area contributed by atoms with Gasteiger partial charge in [-0.3, -0.25) is 4.99 Å². The van der Waals surface area contributed by atoms with Gasteiger partial charge in [-0.1, -0.05) is 29.3 Å². The number of aromatic nitrogens is 1. The Morgan fingerprint density at radius 3 is 2.63 bits per heavy atom. The maximum absolute atomic E-state index is 6.10. The Morgan fingerprint density at radius 2 is 2.00 bits per heavy atom. The first-order valence-corrected chi connectivity index (χ1v) is 6.91. The van der Waals surface area contributed by atoms with Gasteiger partial charge in [0.25, 0.3) is 0 Å². The van der Waals surface area contributed by atoms with Gasteiger partial charge in [0.05, 0.1) is 15.7 Å². The van der Waals surface area contributed by atoms with Crippen LogP contribution in [0.5, 0.6) is 0 Å². The number of halogens is 2. The number of aryl methyl sites for hydroxylation is 1. The maximum atomic E-state index is 6.10. The number of benzene rings is 1. The highest BCUT2D eigenvalue weighted by Crippen LogP contribution is 2.31. The molecule has 1 aromatic carbocycles. The van der Waals surface area contributed by atoms with Crippen LogP contribution in [0.1, 0.15) is 31.1 Å². The fourth-order valence-electron chi connectivity index (χ4n) is 1.98. The molecule has 0 aliphatic rings. The molecule has 0 radical (unpaired) electrons. The molecule has 0 saturated heterocycles. The summed E-state index contributed by atoms with van der Waals surface area (Å²) in [5.74, 6) is 0. The second kappa shape index (κ2) is 5.81. The zero-order valence-electron chi connectivity index (χ0n) is 11.2. The van der Waals surface area contributed by atoms with Gasteiger partial charge in [0.1, 0.15) is 0 Å². The van der Waals surface area contributed by atoms with Crippen molar-refractivity contribution in [3.63, 3.8) is 0 Å². The molecule has 100 valence electrons. The van der Waals surface area contributed by atoms with Crippen LogP contribution in [0.4, 0.5) is 5.69 Å². The van der Waals surface area contributed by atoms with Crippen LogP contribution < -0.4 is 0 Å². The molecule has 1 heterocycles. The van der Waals surface area contributed by atoms with Crippen LogP contribution in [0.2, 0.25) is 10.0 Å². The third-order valence-electron chi connectivity index (χ3n) is 2.91. The second-order valence-electron chi connectivity index (χ2n) is 4.75. The van der Waals surface area contributed by atoms with Gasteiger partial charge in [-0.05, 0) is 39.0 Å². The normalized spacial score (nSPS) is 11.7. The van der Waals surface area contributed by atoms with Crippen molar-refractivity contribution in [1.82, 2.24) is 4.57 Å². The SMILES string of the molecule is Cc1cc(C=Nc2cccc(Cl)c2Cl)cn1C(C)C. The molecule has 4 heteroatoms. The molecule has 0 saturated carbocycles. The van der Waals surface area contributed by atoms with E-state index < -0.39 is 0 Å². The molecule has 0 atom stereocenters. The van der Waals surface area contributed by atoms with Crippen molar-refractivity contribution in [3.05, 3.63) is 51.8 Å². The Bertz CT molecular complexity index is 613. The van der Waals surface area contributed by atoms with E-state index in [1.165, 1.54) is 5.69 Å². The van der Waals surface area contributed by atoms with Gasteiger partial charge in [0, 0.05) is 29.7 Å². The van der Waals surface area contributed by atoms with Crippen molar-refractivity contribution < 1.29 is 0 Å². The van der Waals surface area contributed by atoms with E-state index in [9.17, 15) is 0 Å². The van der Waals surface area contributed by atoms with E-state index in [0.717, 1.165) is 5.56 Å². The Kier molecular flexibility index (Phi) is 4.33. The van der Waals surface area contributed by atoms with E-state index in [1.807, 2.05) is 18.3 Å². The van der Waals surface area contributed by atoms with Crippen LogP contribution >= 0.6 is 23.2 Å². The molecular weight excluding hydrogens is 279 g/mol. The highest BCUT2D eigenvalue weighted by Gasteiger charge is 2.05. The number of hydrogen-bond donors (Lipinski definition) is 0. The highest BCUT2D eigenvalue weighted by atomic mass is 35.5. The zero-order valence-corrected chi connectivity index (χ0v) is 12.7. The lowest BCUT2D eigenvalue weighted by molar-refractivity contribution is 0.589. The lowest BCUT2D eigenvalue weighted by Gasteiger charge is -2.08. The minimum absolute atomic E-state index is 0.442. The molecule has 2 aromatic rings. The van der Waals surface area contributed by atoms with Crippen LogP contribution in [0, 0.1) is 6.92 Å². The fourth-order valence-corrected chi connectivity index (χ4v) is 2.32. The van der Waals surface area contributed by atoms with Gasteiger partial charge < -0.3 is 4.57 Å². The number of nitrogens with zero attached hydrogens (tertiary/aromatic N) is 2. The quantitative estimate of drug-likeness (QED) is 0.671. The third kappa shape index (κ3) is 3.20. The lowest BCUT2D eigenvalue weighted by Crippen LogP contribution is -2.00. The summed E-state index contributed by atoms with van der Waals surface area (Å²) in [5, 5.41) is 1.01. The molecular formula is C15H16Cl2N2. The Hall–Kier alpha value is -1.25. The Balaban J connectivity index is 2.28. The Morgan fingerprint density at radius 1 is 1.26 bits per heavy atom. The molecule has 0 N–H and O–H groups in total. The number of rotatable bonds is 3. The van der Waals surface area contributed by atoms with E-state index >= 15 is 0 Å². The summed E-state index contributed by atoms with van der Waals surface area (Å²) in [6, 6.07) is 7.98. The van der Waals surface area contributed by atoms with E-state index in [2.05, 4.69) is 42.6 Å². The van der Waals surface area contributed by atoms with Crippen molar-refractivity contribution in [2.75, 3.05) is 0 Å². The van der Waals surface area contributed by atoms with Crippen LogP contribution in [-0.4, -0.2) is 10.8 Å². The molecule has 19 heavy (non-hydrogen) atoms. The predicted molar refractivity (Wildman–Crippen MR) is 83.3 cm³/mol. The van der Waals surface area contributed by atoms with Crippen molar-refractivity contribution in [2.24, 2.45) is 4.99 Å². The van der Waals surface area contributed by atoms with E-state index in [-0.39, 0.29) is 0 Å². The molecule has 0 unspecified atom stereocenters. The van der Waals surface area contributed by atoms with Gasteiger partial charge in [-0.15, -0.1) is 0 Å². The van der Waals surface area contributed by atoms with Gasteiger partial charge in [0.15, 0.2) is 0 Å². The molecule has 0 spiro atoms. The van der Waals surface area contributed by atoms with Crippen molar-refractivity contribution in [1.29, 1.82) is 0 Å². The van der Waals surface area contributed by atoms with Crippen molar-refractivity contribution in [3.8, 4) is 0 Å². The summed E-state index contributed by atoms with van der Waals surface area (Å²) in [6.07, 6.45) is 3.89. The molecule has 0 bridgehead atoms. The summed E-state index contributed by atoms with van der Waals surface area (Å²) >= 11 is 12.1. The standard InChI is InChI=1S/C15H16Cl2N2/c1-10(2)19-9-12(7-11(19)3)8-18-14-6-4-5-13(16)15(14)17/h4-10H,1-3H3. The lowest BCUT2D eigenvalue weighted by atomic mass is 10.3. The minimum atomic E-state index is 0.442. The zero-order chi connectivity index (χ0) is 14.0. The molecule has 2 nitrogen and oxygen atoms in total. The topological polar surface area (TPSA) is 17.3 Å². The summed E-state index contributed by atoms with van der Waals surface area (Å²) in [7, 11) is 0. The second-order valence-corrected chi connectivity index (χ2v) is 5.53. The largest absolute Gasteiger partial charge is 0.349 e. The summed E-state index contributed by atoms with van der Waals surface area (Å²) in [4.78, 5) is 4.40. The third-order valence-corrected chi connectivity index (χ3v) is 3.72. The van der Waals surface area contributed by atoms with Gasteiger partial charge in [-0.2, -0.15) is 0 Å². The Labute approximate surface area is 123 Å². The van der Waals surface area contributed by atoms with E-state index in [4.69, 9.17) is 23.2 Å². The fraction of sp³-hybridized carbons (Fsp3) is 0.267. The first kappa shape index (κ1) is 14.2. The summed E-state index contributed by atoms with van der Waals surface area (Å²) < 4.78 is 2.21. The average Bonchev–Trinajstić information content (AvgIpc) is 2.73. The van der Waals surface area contributed by atoms with Gasteiger partial charge in [-0.25, -0.2) is 0 Å². The first-order chi connectivity index (χ1) is 8.99. The monoisotopic (exact) mass is 294 g/mol. The smallest absolute Gasteiger partial charge is 0.0848 e. The highest BCUT2D eigenvalue weighted by molar-refractivity contribution is 6.43. The predicted octanol–water partition coefficient (Wildman–Crippen LogP) is 5.43. The van der Waals surface area contributed by atoms with Crippen LogP contribution in [-0.2, 0) is 0 Å². The van der Waals surface area contributed by atoms with Crippen LogP contribution in [0.25, 0.3) is 0 Å². The van der Waals surface area contributed by atoms with E-state index in [0.29, 0.717) is 21.8 Å². The van der Waals surface area contributed by atoms with Gasteiger partial charge in [0.2, 0.25) is 0 Å². The maximum Gasteiger partial charge on any atom is 0.0848 e. The van der Waals surface area contributed by atoms with Gasteiger partial charge >= 0.3 is 0 Å². The number of aliphatic imine (C=N–C) groups is 1. The molecule has 0 aliphatic heterocycles. The van der Waals surface area contributed by atoms with E-state index in [1.54, 1.807) is 6.07 Å². The minimum Gasteiger partial charge on any atom is -0.349 e. The first-order valence-electron chi connectivity index (χ1n) is 6.15. The summed E-state index contributed by atoms with van der Waals surface area (Å²) in [6.45, 7) is 6.40. The summed E-state index contributed by atoms with van der Waals surface area (Å²) in [5.41, 5.74) is 2.96. The van der Waals surface area contributed by atoms with Crippen LogP contribution in [0.15, 0.2) is 35.5 Å². The molecule has 0 aliphatic carbocycles. The molecule has 0 fully saturated rings. The number of hydrogen-bond acceptors (Lipinski definition) is 1. The van der Waals surface area contributed by atoms with Crippen molar-refractivity contribution in [2.45, 2.75) is 26.8 Å². The van der Waals surface area contributed by atoms with Crippen molar-refractivity contribution >= 4 is 35.1 Å². The van der Waals surface area contributed by atoms with Crippen LogP contribution in [0.3, 0.4) is 0 Å². The molecule has 0 amide bonds. The average molecular weight is 295 g/mol. The molecule has 2 rings (SSSR count). The molecule has 1 aromatic heterocycles.